The molecule has 0 amide bonds. The van der Waals surface area contributed by atoms with Crippen molar-refractivity contribution in [1.82, 2.24) is 9.97 Å². The van der Waals surface area contributed by atoms with E-state index in [2.05, 4.69) is 115 Å². The number of pyridine rings is 2. The van der Waals surface area contributed by atoms with Crippen LogP contribution in [0.15, 0.2) is 138 Å². The van der Waals surface area contributed by atoms with Crippen molar-refractivity contribution in [3.8, 4) is 44.8 Å². The summed E-state index contributed by atoms with van der Waals surface area (Å²) in [6.45, 7) is 6.52. The number of hydrogen-bond acceptors (Lipinski definition) is 6. The minimum absolute atomic E-state index is 0. The standard InChI is InChI=1S/C27H20NO4.C21H22GeN.Ir/c1-16(2)19-13-14-28-24(15-19)23-8-4-7-22-21-6-3-5-20(25(21)31-26(22)23)17-9-11-18(12-10-17)27(29)32-30;1-16-13-21(23-15-20(16)22(2,3)4)19-12-8-11-18(14-19)17-9-6-5-7-10-17;/h3-7,9-16,30H,1-2H3;5-11,13-15H,1-4H3;/q2*-1;. The van der Waals surface area contributed by atoms with Crippen LogP contribution < -0.4 is 4.40 Å². The minimum atomic E-state index is -1.85. The largest absolute Gasteiger partial charge is 0 e. The molecule has 8 aromatic rings. The van der Waals surface area contributed by atoms with E-state index in [0.717, 1.165) is 55.6 Å². The van der Waals surface area contributed by atoms with Gasteiger partial charge in [0.05, 0.1) is 11.1 Å². The maximum Gasteiger partial charge on any atom is 0 e. The molecule has 6 nitrogen and oxygen atoms in total. The number of carbonyl (C=O) groups is 1. The van der Waals surface area contributed by atoms with Crippen molar-refractivity contribution >= 4 is 45.6 Å². The summed E-state index contributed by atoms with van der Waals surface area (Å²) < 4.78 is 7.90. The Morgan fingerprint density at radius 3 is 2.18 bits per heavy atom. The van der Waals surface area contributed by atoms with Gasteiger partial charge in [-0.2, -0.15) is 5.26 Å². The normalized spacial score (nSPS) is 11.2. The Hall–Kier alpha value is -5.18. The quantitative estimate of drug-likeness (QED) is 0.0741. The molecule has 0 aliphatic carbocycles. The third-order valence-electron chi connectivity index (χ3n) is 9.78. The van der Waals surface area contributed by atoms with Crippen molar-refractivity contribution in [3.63, 3.8) is 0 Å². The molecule has 8 heteroatoms. The number of aryl methyl sites for hydroxylation is 1. The first-order valence-corrected chi connectivity index (χ1v) is 25.7. The molecule has 0 saturated carbocycles. The molecule has 3 aromatic heterocycles. The molecule has 283 valence electrons. The van der Waals surface area contributed by atoms with Crippen LogP contribution >= 0.6 is 0 Å². The number of fused-ring (bicyclic) bond motifs is 3. The van der Waals surface area contributed by atoms with Crippen LogP contribution in [0.5, 0.6) is 0 Å². The molecule has 0 atom stereocenters. The van der Waals surface area contributed by atoms with Crippen LogP contribution in [0.3, 0.4) is 0 Å². The Morgan fingerprint density at radius 1 is 0.750 bits per heavy atom. The predicted octanol–water partition coefficient (Wildman–Crippen LogP) is 11.9. The van der Waals surface area contributed by atoms with Crippen LogP contribution in [0.4, 0.5) is 0 Å². The van der Waals surface area contributed by atoms with Crippen LogP contribution in [0.25, 0.3) is 66.7 Å². The first-order chi connectivity index (χ1) is 26.5. The summed E-state index contributed by atoms with van der Waals surface area (Å²) in [4.78, 5) is 24.6. The monoisotopic (exact) mass is 977 g/mol. The van der Waals surface area contributed by atoms with E-state index in [4.69, 9.17) is 14.7 Å². The fraction of sp³-hybridized carbons (Fsp3) is 0.146. The first kappa shape index (κ1) is 40.5. The summed E-state index contributed by atoms with van der Waals surface area (Å²) in [7, 11) is 0. The summed E-state index contributed by atoms with van der Waals surface area (Å²) >= 11 is -1.85. The average Bonchev–Trinajstić information content (AvgIpc) is 3.60. The van der Waals surface area contributed by atoms with Gasteiger partial charge in [0.15, 0.2) is 0 Å². The number of aromatic nitrogens is 2. The summed E-state index contributed by atoms with van der Waals surface area (Å²) in [5.41, 5.74) is 12.3. The zero-order chi connectivity index (χ0) is 38.7. The Bertz CT molecular complexity index is 2630. The van der Waals surface area contributed by atoms with Crippen molar-refractivity contribution < 1.29 is 39.5 Å². The Balaban J connectivity index is 0.000000197. The van der Waals surface area contributed by atoms with E-state index in [1.165, 1.54) is 26.6 Å². The van der Waals surface area contributed by atoms with Crippen molar-refractivity contribution in [1.29, 1.82) is 0 Å². The number of para-hydroxylation sites is 1. The van der Waals surface area contributed by atoms with Crippen molar-refractivity contribution in [2.75, 3.05) is 0 Å². The SMILES string of the molecule is CC(C)c1ccnc(-c2[c-]ccc3c2oc2c(-c4ccc(C(=O)OO)cc4)cccc23)c1.Cc1cc(-c2[c-]ccc(-c3ccccc3)c2)nc[c]1[Ge]([CH3])([CH3])[CH3].[Ir]. The number of carbonyl (C=O) groups excluding carboxylic acids is 1. The summed E-state index contributed by atoms with van der Waals surface area (Å²) in [6.07, 6.45) is 3.91. The first-order valence-electron chi connectivity index (χ1n) is 18.3. The molecule has 0 bridgehead atoms. The van der Waals surface area contributed by atoms with Gasteiger partial charge in [0, 0.05) is 37.3 Å². The van der Waals surface area contributed by atoms with Gasteiger partial charge in [-0.1, -0.05) is 66.8 Å². The molecule has 0 fully saturated rings. The van der Waals surface area contributed by atoms with E-state index >= 15 is 0 Å². The second-order valence-electron chi connectivity index (χ2n) is 15.0. The Labute approximate surface area is 344 Å². The van der Waals surface area contributed by atoms with Crippen LogP contribution in [0.2, 0.25) is 17.3 Å². The van der Waals surface area contributed by atoms with Gasteiger partial charge in [0.2, 0.25) is 0 Å². The van der Waals surface area contributed by atoms with Gasteiger partial charge in [-0.15, -0.1) is 18.2 Å². The van der Waals surface area contributed by atoms with Crippen LogP contribution in [-0.2, 0) is 25.0 Å². The van der Waals surface area contributed by atoms with E-state index in [1.807, 2.05) is 54.7 Å². The number of nitrogens with zero attached hydrogens (tertiary/aromatic N) is 2. The molecule has 0 unspecified atom stereocenters. The summed E-state index contributed by atoms with van der Waals surface area (Å²) in [6, 6.07) is 46.4. The molecule has 0 aliphatic heterocycles. The summed E-state index contributed by atoms with van der Waals surface area (Å²) in [5.74, 6) is 6.82. The third kappa shape index (κ3) is 8.62. The van der Waals surface area contributed by atoms with Gasteiger partial charge in [0.25, 0.3) is 0 Å². The molecule has 0 saturated heterocycles. The second kappa shape index (κ2) is 17.3. The van der Waals surface area contributed by atoms with Gasteiger partial charge >= 0.3 is 148 Å². The topological polar surface area (TPSA) is 85.5 Å². The van der Waals surface area contributed by atoms with Crippen LogP contribution in [0, 0.1) is 19.1 Å². The zero-order valence-electron chi connectivity index (χ0n) is 32.2. The molecule has 8 rings (SSSR count). The van der Waals surface area contributed by atoms with Crippen LogP contribution in [-0.4, -0.2) is 34.5 Å². The molecular formula is C48H42GeIrN2O4-2. The maximum atomic E-state index is 11.5. The van der Waals surface area contributed by atoms with E-state index < -0.39 is 19.2 Å². The second-order valence-corrected chi connectivity index (χ2v) is 25.5. The molecule has 0 aliphatic rings. The fourth-order valence-corrected chi connectivity index (χ4v) is 10.5. The van der Waals surface area contributed by atoms with Crippen molar-refractivity contribution in [2.45, 2.75) is 44.0 Å². The molecule has 5 aromatic carbocycles. The van der Waals surface area contributed by atoms with E-state index in [0.29, 0.717) is 5.92 Å². The smallest absolute Gasteiger partial charge is 0 e. The van der Waals surface area contributed by atoms with Crippen LogP contribution in [0.1, 0.15) is 41.3 Å². The van der Waals surface area contributed by atoms with Gasteiger partial charge in [-0.3, -0.25) is 4.89 Å². The molecule has 3 heterocycles. The van der Waals surface area contributed by atoms with E-state index in [-0.39, 0.29) is 25.7 Å². The van der Waals surface area contributed by atoms with Gasteiger partial charge in [-0.05, 0) is 35.4 Å². The molecular weight excluding hydrogens is 933 g/mol. The van der Waals surface area contributed by atoms with E-state index in [1.54, 1.807) is 24.3 Å². The number of hydrogen-bond donors (Lipinski definition) is 1. The van der Waals surface area contributed by atoms with E-state index in [9.17, 15) is 4.79 Å². The third-order valence-corrected chi connectivity index (χ3v) is 14.3. The zero-order valence-corrected chi connectivity index (χ0v) is 36.7. The number of benzene rings is 5. The molecule has 1 N–H and O–H groups in total. The number of furan rings is 1. The van der Waals surface area contributed by atoms with Gasteiger partial charge in [0.1, 0.15) is 5.58 Å². The van der Waals surface area contributed by atoms with Crippen molar-refractivity contribution in [3.05, 3.63) is 163 Å². The fourth-order valence-electron chi connectivity index (χ4n) is 6.88. The van der Waals surface area contributed by atoms with Gasteiger partial charge < -0.3 is 9.40 Å². The van der Waals surface area contributed by atoms with Gasteiger partial charge in [-0.25, -0.2) is 4.79 Å². The Morgan fingerprint density at radius 2 is 1.48 bits per heavy atom. The van der Waals surface area contributed by atoms with Crippen molar-refractivity contribution in [2.24, 2.45) is 0 Å². The summed E-state index contributed by atoms with van der Waals surface area (Å²) in [5, 5.41) is 10.6. The molecule has 0 spiro atoms. The Kier molecular flexibility index (Phi) is 12.5. The average molecular weight is 976 g/mol. The molecule has 1 radical (unpaired) electrons. The maximum absolute atomic E-state index is 11.5. The predicted molar refractivity (Wildman–Crippen MR) is 225 cm³/mol. The number of rotatable bonds is 7. The minimum Gasteiger partial charge on any atom is 0 e. The molecule has 56 heavy (non-hydrogen) atoms.